The molecule has 2 rings (SSSR count). The van der Waals surface area contributed by atoms with Crippen molar-refractivity contribution < 1.29 is 8.42 Å². The van der Waals surface area contributed by atoms with Crippen molar-refractivity contribution in [1.82, 2.24) is 9.78 Å². The summed E-state index contributed by atoms with van der Waals surface area (Å²) < 4.78 is 23.9. The minimum Gasteiger partial charge on any atom is -0.268 e. The number of fused-ring (bicyclic) bond motifs is 1. The van der Waals surface area contributed by atoms with Crippen molar-refractivity contribution in [2.45, 2.75) is 12.3 Å². The summed E-state index contributed by atoms with van der Waals surface area (Å²) in [6, 6.07) is 1.75. The van der Waals surface area contributed by atoms with Crippen molar-refractivity contribution in [2.24, 2.45) is 0 Å². The zero-order valence-electron chi connectivity index (χ0n) is 5.90. The van der Waals surface area contributed by atoms with Crippen LogP contribution in [0, 0.1) is 0 Å². The van der Waals surface area contributed by atoms with Crippen LogP contribution < -0.4 is 0 Å². The highest BCUT2D eigenvalue weighted by molar-refractivity contribution is 7.90. The lowest BCUT2D eigenvalue weighted by molar-refractivity contribution is 0.555. The summed E-state index contributed by atoms with van der Waals surface area (Å²) >= 11 is 0. The monoisotopic (exact) mass is 172 g/mol. The van der Waals surface area contributed by atoms with Gasteiger partial charge in [-0.1, -0.05) is 0 Å². The molecule has 0 radical (unpaired) electrons. The van der Waals surface area contributed by atoms with E-state index in [4.69, 9.17) is 0 Å². The summed E-state index contributed by atoms with van der Waals surface area (Å²) in [5, 5.41) is 3.97. The molecule has 0 N–H and O–H groups in total. The van der Waals surface area contributed by atoms with Gasteiger partial charge >= 0.3 is 0 Å². The Hall–Kier alpha value is -0.840. The molecule has 2 heterocycles. The first kappa shape index (κ1) is 6.84. The molecule has 5 heteroatoms. The van der Waals surface area contributed by atoms with Crippen LogP contribution in [0.4, 0.5) is 0 Å². The van der Waals surface area contributed by atoms with Gasteiger partial charge in [0, 0.05) is 6.20 Å². The summed E-state index contributed by atoms with van der Waals surface area (Å²) in [5.74, 6) is 0.370. The third-order valence-corrected chi connectivity index (χ3v) is 3.33. The normalized spacial score (nSPS) is 21.1. The maximum absolute atomic E-state index is 11.1. The lowest BCUT2D eigenvalue weighted by atomic mass is 10.5. The van der Waals surface area contributed by atoms with Gasteiger partial charge in [-0.15, -0.1) is 0 Å². The molecule has 4 nitrogen and oxygen atoms in total. The largest absolute Gasteiger partial charge is 0.268 e. The Bertz CT molecular complexity index is 366. The molecule has 0 bridgehead atoms. The van der Waals surface area contributed by atoms with Crippen LogP contribution in [0.15, 0.2) is 12.3 Å². The number of sulfone groups is 1. The van der Waals surface area contributed by atoms with Crippen molar-refractivity contribution in [1.29, 1.82) is 0 Å². The average molecular weight is 172 g/mol. The summed E-state index contributed by atoms with van der Waals surface area (Å²) in [6.07, 6.45) is 1.64. The van der Waals surface area contributed by atoms with E-state index in [2.05, 4.69) is 5.10 Å². The highest BCUT2D eigenvalue weighted by Crippen LogP contribution is 2.11. The van der Waals surface area contributed by atoms with E-state index in [1.807, 2.05) is 0 Å². The first-order chi connectivity index (χ1) is 5.17. The summed E-state index contributed by atoms with van der Waals surface area (Å²) in [4.78, 5) is 0. The van der Waals surface area contributed by atoms with Gasteiger partial charge in [-0.05, 0) is 6.07 Å². The Balaban J connectivity index is 2.47. The quantitative estimate of drug-likeness (QED) is 0.545. The van der Waals surface area contributed by atoms with Crippen molar-refractivity contribution >= 4 is 9.84 Å². The van der Waals surface area contributed by atoms with Crippen LogP contribution in [0.5, 0.6) is 0 Å². The number of hydrogen-bond donors (Lipinski definition) is 0. The molecule has 1 aliphatic heterocycles. The third kappa shape index (κ3) is 1.16. The Labute approximate surface area is 64.8 Å². The second-order valence-electron chi connectivity index (χ2n) is 2.64. The van der Waals surface area contributed by atoms with E-state index >= 15 is 0 Å². The van der Waals surface area contributed by atoms with Crippen molar-refractivity contribution in [3.8, 4) is 0 Å². The van der Waals surface area contributed by atoms with Crippen LogP contribution in [0.3, 0.4) is 0 Å². The van der Waals surface area contributed by atoms with Crippen molar-refractivity contribution in [2.75, 3.05) is 5.75 Å². The topological polar surface area (TPSA) is 52.0 Å². The van der Waals surface area contributed by atoms with E-state index < -0.39 is 9.84 Å². The van der Waals surface area contributed by atoms with Crippen LogP contribution >= 0.6 is 0 Å². The molecule has 1 aromatic rings. The predicted molar refractivity (Wildman–Crippen MR) is 39.7 cm³/mol. The van der Waals surface area contributed by atoms with Gasteiger partial charge in [0.2, 0.25) is 0 Å². The summed E-state index contributed by atoms with van der Waals surface area (Å²) in [6.45, 7) is 0.505. The fourth-order valence-corrected chi connectivity index (χ4v) is 2.50. The Morgan fingerprint density at radius 2 is 2.36 bits per heavy atom. The van der Waals surface area contributed by atoms with Crippen LogP contribution in [0.25, 0.3) is 0 Å². The third-order valence-electron chi connectivity index (χ3n) is 1.79. The molecular formula is C6H8N2O2S. The summed E-state index contributed by atoms with van der Waals surface area (Å²) in [5.41, 5.74) is 0.802. The lowest BCUT2D eigenvalue weighted by Crippen LogP contribution is -2.23. The fourth-order valence-electron chi connectivity index (χ4n) is 1.21. The SMILES string of the molecule is O=S1(=O)CCn2nccc2C1. The highest BCUT2D eigenvalue weighted by Gasteiger charge is 2.20. The van der Waals surface area contributed by atoms with Gasteiger partial charge < -0.3 is 0 Å². The van der Waals surface area contributed by atoms with Gasteiger partial charge in [0.25, 0.3) is 0 Å². The van der Waals surface area contributed by atoms with E-state index in [1.54, 1.807) is 16.9 Å². The minimum atomic E-state index is -2.83. The number of rotatable bonds is 0. The molecule has 0 amide bonds. The van der Waals surface area contributed by atoms with Gasteiger partial charge in [-0.2, -0.15) is 5.10 Å². The Morgan fingerprint density at radius 1 is 1.55 bits per heavy atom. The first-order valence-electron chi connectivity index (χ1n) is 3.38. The zero-order valence-corrected chi connectivity index (χ0v) is 6.71. The molecule has 0 aliphatic carbocycles. The maximum atomic E-state index is 11.1. The molecule has 0 aromatic carbocycles. The second-order valence-corrected chi connectivity index (χ2v) is 4.82. The highest BCUT2D eigenvalue weighted by atomic mass is 32.2. The van der Waals surface area contributed by atoms with E-state index in [9.17, 15) is 8.42 Å². The Kier molecular flexibility index (Phi) is 1.29. The smallest absolute Gasteiger partial charge is 0.157 e. The van der Waals surface area contributed by atoms with Gasteiger partial charge in [0.15, 0.2) is 9.84 Å². The molecule has 0 spiro atoms. The summed E-state index contributed by atoms with van der Waals surface area (Å²) in [7, 11) is -2.83. The molecular weight excluding hydrogens is 164 g/mol. The molecule has 11 heavy (non-hydrogen) atoms. The van der Waals surface area contributed by atoms with Crippen molar-refractivity contribution in [3.05, 3.63) is 18.0 Å². The van der Waals surface area contributed by atoms with E-state index in [0.717, 1.165) is 5.69 Å². The maximum Gasteiger partial charge on any atom is 0.157 e. The van der Waals surface area contributed by atoms with E-state index in [-0.39, 0.29) is 11.5 Å². The standard InChI is InChI=1S/C6H8N2O2S/c9-11(10)4-3-8-6(5-11)1-2-7-8/h1-2H,3-5H2. The average Bonchev–Trinajstić information content (AvgIpc) is 2.31. The van der Waals surface area contributed by atoms with Crippen LogP contribution in [-0.4, -0.2) is 24.0 Å². The molecule has 0 saturated carbocycles. The number of aromatic nitrogens is 2. The molecule has 1 aliphatic rings. The predicted octanol–water partition coefficient (Wildman–Crippen LogP) is -0.189. The van der Waals surface area contributed by atoms with Crippen LogP contribution in [0.2, 0.25) is 0 Å². The van der Waals surface area contributed by atoms with Gasteiger partial charge in [0.05, 0.1) is 23.7 Å². The van der Waals surface area contributed by atoms with Crippen LogP contribution in [-0.2, 0) is 22.1 Å². The lowest BCUT2D eigenvalue weighted by Gasteiger charge is -2.13. The second kappa shape index (κ2) is 2.07. The first-order valence-corrected chi connectivity index (χ1v) is 5.21. The van der Waals surface area contributed by atoms with Crippen LogP contribution in [0.1, 0.15) is 5.69 Å². The van der Waals surface area contributed by atoms with Crippen molar-refractivity contribution in [3.63, 3.8) is 0 Å². The molecule has 1 aromatic heterocycles. The minimum absolute atomic E-state index is 0.146. The van der Waals surface area contributed by atoms with Gasteiger partial charge in [-0.3, -0.25) is 4.68 Å². The van der Waals surface area contributed by atoms with Gasteiger partial charge in [0.1, 0.15) is 0 Å². The van der Waals surface area contributed by atoms with E-state index in [0.29, 0.717) is 6.54 Å². The fraction of sp³-hybridized carbons (Fsp3) is 0.500. The molecule has 0 saturated heterocycles. The molecule has 0 unspecified atom stereocenters. The zero-order chi connectivity index (χ0) is 7.90. The molecule has 60 valence electrons. The molecule has 0 fully saturated rings. The number of hydrogen-bond acceptors (Lipinski definition) is 3. The van der Waals surface area contributed by atoms with E-state index in [1.165, 1.54) is 0 Å². The Morgan fingerprint density at radius 3 is 3.18 bits per heavy atom. The number of aryl methyl sites for hydroxylation is 1. The molecule has 0 atom stereocenters. The number of nitrogens with zero attached hydrogens (tertiary/aromatic N) is 2. The van der Waals surface area contributed by atoms with Gasteiger partial charge in [-0.25, -0.2) is 8.42 Å².